The maximum absolute atomic E-state index is 12.0. The summed E-state index contributed by atoms with van der Waals surface area (Å²) in [5, 5.41) is 7.46. The lowest BCUT2D eigenvalue weighted by Crippen LogP contribution is -2.20. The van der Waals surface area contributed by atoms with Gasteiger partial charge in [0.25, 0.3) is 0 Å². The second-order valence-corrected chi connectivity index (χ2v) is 5.63. The number of nitrogens with two attached hydrogens (primary N) is 1. The Labute approximate surface area is 130 Å². The molecule has 0 atom stereocenters. The number of aryl methyl sites for hydroxylation is 1. The fourth-order valence-corrected chi connectivity index (χ4v) is 2.24. The third-order valence-electron chi connectivity index (χ3n) is 2.85. The Hall–Kier alpha value is -1.53. The summed E-state index contributed by atoms with van der Waals surface area (Å²) >= 11 is 9.43. The normalized spacial score (nSPS) is 10.6. The first-order valence-electron chi connectivity index (χ1n) is 5.93. The van der Waals surface area contributed by atoms with Crippen molar-refractivity contribution in [1.82, 2.24) is 9.78 Å². The first-order chi connectivity index (χ1) is 9.38. The average Bonchev–Trinajstić information content (AvgIpc) is 2.61. The van der Waals surface area contributed by atoms with Crippen LogP contribution < -0.4 is 11.1 Å². The molecule has 0 aliphatic rings. The van der Waals surface area contributed by atoms with Crippen molar-refractivity contribution in [3.63, 3.8) is 0 Å². The molecule has 5 nitrogen and oxygen atoms in total. The van der Waals surface area contributed by atoms with Gasteiger partial charge in [-0.25, -0.2) is 0 Å². The number of nitrogens with one attached hydrogen (secondary N) is 1. The van der Waals surface area contributed by atoms with Crippen LogP contribution in [0.4, 0.5) is 11.4 Å². The van der Waals surface area contributed by atoms with Crippen molar-refractivity contribution in [2.24, 2.45) is 0 Å². The second kappa shape index (κ2) is 5.85. The Balaban J connectivity index is 2.13. The Morgan fingerprint density at radius 2 is 2.20 bits per heavy atom. The van der Waals surface area contributed by atoms with Crippen molar-refractivity contribution >= 4 is 44.8 Å². The van der Waals surface area contributed by atoms with E-state index >= 15 is 0 Å². The van der Waals surface area contributed by atoms with Gasteiger partial charge in [0.15, 0.2) is 0 Å². The van der Waals surface area contributed by atoms with Gasteiger partial charge in [-0.15, -0.1) is 0 Å². The summed E-state index contributed by atoms with van der Waals surface area (Å²) in [5.74, 6) is -0.212. The van der Waals surface area contributed by atoms with Crippen LogP contribution in [0.3, 0.4) is 0 Å². The van der Waals surface area contributed by atoms with Gasteiger partial charge in [0.2, 0.25) is 5.91 Å². The number of benzene rings is 1. The van der Waals surface area contributed by atoms with Crippen molar-refractivity contribution in [3.05, 3.63) is 39.1 Å². The van der Waals surface area contributed by atoms with Gasteiger partial charge in [0, 0.05) is 5.69 Å². The van der Waals surface area contributed by atoms with E-state index in [2.05, 4.69) is 26.3 Å². The van der Waals surface area contributed by atoms with Crippen LogP contribution in [-0.2, 0) is 11.3 Å². The van der Waals surface area contributed by atoms with Gasteiger partial charge < -0.3 is 11.1 Å². The summed E-state index contributed by atoms with van der Waals surface area (Å²) in [7, 11) is 0. The highest BCUT2D eigenvalue weighted by molar-refractivity contribution is 9.10. The Bertz CT molecular complexity index is 669. The van der Waals surface area contributed by atoms with E-state index in [9.17, 15) is 4.79 Å². The average molecular weight is 358 g/mol. The predicted molar refractivity (Wildman–Crippen MR) is 83.9 cm³/mol. The van der Waals surface area contributed by atoms with Crippen LogP contribution in [0.15, 0.2) is 22.7 Å². The maximum atomic E-state index is 12.0. The summed E-state index contributed by atoms with van der Waals surface area (Å²) in [4.78, 5) is 12.0. The Morgan fingerprint density at radius 3 is 2.80 bits per heavy atom. The molecule has 2 aromatic rings. The molecule has 0 saturated carbocycles. The lowest BCUT2D eigenvalue weighted by Gasteiger charge is -2.09. The van der Waals surface area contributed by atoms with Gasteiger partial charge in [-0.1, -0.05) is 11.6 Å². The molecule has 106 valence electrons. The van der Waals surface area contributed by atoms with E-state index in [0.29, 0.717) is 16.4 Å². The van der Waals surface area contributed by atoms with E-state index in [1.54, 1.807) is 22.9 Å². The number of nitrogen functional groups attached to an aromatic ring is 1. The molecule has 1 amide bonds. The number of amides is 1. The standard InChI is InChI=1S/C13H14BrClN4O/c1-7-13(14)8(2)19(18-7)6-12(20)17-11-5-9(16)3-4-10(11)15/h3-5H,6,16H2,1-2H3,(H,17,20). The second-order valence-electron chi connectivity index (χ2n) is 4.43. The van der Waals surface area contributed by atoms with E-state index in [-0.39, 0.29) is 12.5 Å². The Kier molecular flexibility index (Phi) is 4.35. The van der Waals surface area contributed by atoms with Crippen molar-refractivity contribution < 1.29 is 4.79 Å². The monoisotopic (exact) mass is 356 g/mol. The number of nitrogens with zero attached hydrogens (tertiary/aromatic N) is 2. The summed E-state index contributed by atoms with van der Waals surface area (Å²) in [6.45, 7) is 3.88. The van der Waals surface area contributed by atoms with Crippen molar-refractivity contribution in [1.29, 1.82) is 0 Å². The molecule has 0 spiro atoms. The smallest absolute Gasteiger partial charge is 0.246 e. The minimum absolute atomic E-state index is 0.114. The molecule has 0 radical (unpaired) electrons. The molecule has 0 saturated heterocycles. The predicted octanol–water partition coefficient (Wildman–Crippen LogP) is 3.14. The molecular weight excluding hydrogens is 344 g/mol. The van der Waals surface area contributed by atoms with Gasteiger partial charge in [0.05, 0.1) is 26.6 Å². The molecule has 0 fully saturated rings. The number of anilines is 2. The Morgan fingerprint density at radius 1 is 1.50 bits per heavy atom. The van der Waals surface area contributed by atoms with Gasteiger partial charge in [-0.3, -0.25) is 9.48 Å². The van der Waals surface area contributed by atoms with Crippen molar-refractivity contribution in [2.45, 2.75) is 20.4 Å². The van der Waals surface area contributed by atoms with Crippen molar-refractivity contribution in [3.8, 4) is 0 Å². The number of hydrogen-bond acceptors (Lipinski definition) is 3. The summed E-state index contributed by atoms with van der Waals surface area (Å²) in [6, 6.07) is 4.94. The quantitative estimate of drug-likeness (QED) is 0.829. The third-order valence-corrected chi connectivity index (χ3v) is 4.33. The molecule has 0 unspecified atom stereocenters. The molecule has 0 bridgehead atoms. The summed E-state index contributed by atoms with van der Waals surface area (Å²) in [6.07, 6.45) is 0. The lowest BCUT2D eigenvalue weighted by atomic mass is 10.3. The SMILES string of the molecule is Cc1nn(CC(=O)Nc2cc(N)ccc2Cl)c(C)c1Br. The molecule has 3 N–H and O–H groups in total. The molecule has 7 heteroatoms. The number of rotatable bonds is 3. The number of aromatic nitrogens is 2. The highest BCUT2D eigenvalue weighted by Crippen LogP contribution is 2.24. The van der Waals surface area contributed by atoms with Crippen LogP contribution in [0.1, 0.15) is 11.4 Å². The minimum atomic E-state index is -0.212. The molecule has 0 aliphatic carbocycles. The zero-order valence-electron chi connectivity index (χ0n) is 11.1. The highest BCUT2D eigenvalue weighted by atomic mass is 79.9. The van der Waals surface area contributed by atoms with Crippen LogP contribution in [0.5, 0.6) is 0 Å². The first-order valence-corrected chi connectivity index (χ1v) is 7.10. The first kappa shape index (κ1) is 14.9. The molecule has 2 rings (SSSR count). The lowest BCUT2D eigenvalue weighted by molar-refractivity contribution is -0.116. The van der Waals surface area contributed by atoms with Gasteiger partial charge in [-0.05, 0) is 48.0 Å². The molecule has 1 heterocycles. The molecule has 1 aromatic heterocycles. The molecule has 20 heavy (non-hydrogen) atoms. The van der Waals surface area contributed by atoms with E-state index in [4.69, 9.17) is 17.3 Å². The summed E-state index contributed by atoms with van der Waals surface area (Å²) < 4.78 is 2.54. The van der Waals surface area contributed by atoms with Crippen molar-refractivity contribution in [2.75, 3.05) is 11.1 Å². The van der Waals surface area contributed by atoms with E-state index < -0.39 is 0 Å². The van der Waals surface area contributed by atoms with Gasteiger partial charge in [-0.2, -0.15) is 5.10 Å². The highest BCUT2D eigenvalue weighted by Gasteiger charge is 2.13. The zero-order valence-corrected chi connectivity index (χ0v) is 13.4. The number of halogens is 2. The van der Waals surface area contributed by atoms with Crippen LogP contribution in [-0.4, -0.2) is 15.7 Å². The molecule has 1 aromatic carbocycles. The van der Waals surface area contributed by atoms with E-state index in [1.165, 1.54) is 0 Å². The fourth-order valence-electron chi connectivity index (χ4n) is 1.79. The molecular formula is C13H14BrClN4O. The number of carbonyl (C=O) groups is 1. The van der Waals surface area contributed by atoms with Crippen LogP contribution in [0, 0.1) is 13.8 Å². The molecule has 0 aliphatic heterocycles. The summed E-state index contributed by atoms with van der Waals surface area (Å²) in [5.41, 5.74) is 8.45. The third kappa shape index (κ3) is 3.13. The largest absolute Gasteiger partial charge is 0.399 e. The number of hydrogen-bond donors (Lipinski definition) is 2. The minimum Gasteiger partial charge on any atom is -0.399 e. The van der Waals surface area contributed by atoms with Crippen LogP contribution in [0.25, 0.3) is 0 Å². The number of carbonyl (C=O) groups excluding carboxylic acids is 1. The van der Waals surface area contributed by atoms with Crippen LogP contribution in [0.2, 0.25) is 5.02 Å². The van der Waals surface area contributed by atoms with Crippen LogP contribution >= 0.6 is 27.5 Å². The van der Waals surface area contributed by atoms with E-state index in [0.717, 1.165) is 15.9 Å². The topological polar surface area (TPSA) is 72.9 Å². The van der Waals surface area contributed by atoms with E-state index in [1.807, 2.05) is 13.8 Å². The van der Waals surface area contributed by atoms with Gasteiger partial charge >= 0.3 is 0 Å². The fraction of sp³-hybridized carbons (Fsp3) is 0.231. The maximum Gasteiger partial charge on any atom is 0.246 e. The van der Waals surface area contributed by atoms with Gasteiger partial charge in [0.1, 0.15) is 6.54 Å². The zero-order chi connectivity index (χ0) is 14.9.